The van der Waals surface area contributed by atoms with Crippen molar-refractivity contribution in [1.82, 2.24) is 9.88 Å². The van der Waals surface area contributed by atoms with Gasteiger partial charge in [0, 0.05) is 13.1 Å². The van der Waals surface area contributed by atoms with Gasteiger partial charge in [0.25, 0.3) is 0 Å². The maximum atomic E-state index is 14.1. The van der Waals surface area contributed by atoms with Crippen LogP contribution in [0.25, 0.3) is 10.2 Å². The maximum Gasteiger partial charge on any atom is 0.233 e. The number of benzene rings is 2. The molecule has 0 atom stereocenters. The van der Waals surface area contributed by atoms with E-state index in [1.54, 1.807) is 11.0 Å². The first-order valence-corrected chi connectivity index (χ1v) is 10.9. The Hall–Kier alpha value is -2.31. The minimum absolute atomic E-state index is 0.0140. The molecular formula is C23H28FN3OS. The molecular weight excluding hydrogens is 385 g/mol. The van der Waals surface area contributed by atoms with Crippen LogP contribution in [0.15, 0.2) is 36.4 Å². The molecule has 3 rings (SSSR count). The van der Waals surface area contributed by atoms with Crippen molar-refractivity contribution < 1.29 is 9.18 Å². The van der Waals surface area contributed by atoms with Crippen molar-refractivity contribution in [3.05, 3.63) is 58.9 Å². The summed E-state index contributed by atoms with van der Waals surface area (Å²) in [7, 11) is 0. The number of halogens is 1. The van der Waals surface area contributed by atoms with Gasteiger partial charge in [0.15, 0.2) is 5.13 Å². The number of amides is 1. The van der Waals surface area contributed by atoms with Gasteiger partial charge in [0.1, 0.15) is 11.3 Å². The summed E-state index contributed by atoms with van der Waals surface area (Å²) >= 11 is 1.37. The number of likely N-dealkylation sites (N-methyl/N-ethyl adjacent to an activating group) is 1. The van der Waals surface area contributed by atoms with Gasteiger partial charge < -0.3 is 4.90 Å². The molecule has 1 aromatic heterocycles. The number of carbonyl (C=O) groups is 1. The third-order valence-electron chi connectivity index (χ3n) is 5.35. The van der Waals surface area contributed by atoms with E-state index in [2.05, 4.69) is 43.6 Å². The van der Waals surface area contributed by atoms with Crippen LogP contribution in [0.1, 0.15) is 30.5 Å². The Morgan fingerprint density at radius 3 is 2.48 bits per heavy atom. The number of hydrogen-bond donors (Lipinski definition) is 0. The second-order valence-corrected chi connectivity index (χ2v) is 8.26. The molecule has 0 fully saturated rings. The Labute approximate surface area is 176 Å². The average Bonchev–Trinajstić information content (AvgIpc) is 3.13. The summed E-state index contributed by atoms with van der Waals surface area (Å²) in [5, 5.41) is 0.561. The summed E-state index contributed by atoms with van der Waals surface area (Å²) in [4.78, 5) is 21.7. The topological polar surface area (TPSA) is 36.4 Å². The van der Waals surface area contributed by atoms with Gasteiger partial charge in [0.05, 0.1) is 11.1 Å². The number of fused-ring (bicyclic) bond motifs is 1. The second kappa shape index (κ2) is 9.46. The number of carbonyl (C=O) groups excluding carboxylic acids is 1. The largest absolute Gasteiger partial charge is 0.302 e. The van der Waals surface area contributed by atoms with Gasteiger partial charge in [-0.1, -0.05) is 49.4 Å². The molecule has 154 valence electrons. The lowest BCUT2D eigenvalue weighted by Crippen LogP contribution is -2.39. The van der Waals surface area contributed by atoms with E-state index in [0.717, 1.165) is 29.9 Å². The number of hydrogen-bond acceptors (Lipinski definition) is 4. The average molecular weight is 414 g/mol. The second-order valence-electron chi connectivity index (χ2n) is 7.25. The molecule has 0 aliphatic carbocycles. The van der Waals surface area contributed by atoms with Gasteiger partial charge in [0.2, 0.25) is 5.91 Å². The normalized spacial score (nSPS) is 11.4. The molecule has 0 aliphatic rings. The van der Waals surface area contributed by atoms with Gasteiger partial charge in [-0.3, -0.25) is 9.69 Å². The standard InChI is InChI=1S/C23H28FN3OS/c1-5-26(6-2)12-13-27(21(28)15-18-11-10-16(3)17(4)14-18)23-25-22-19(24)8-7-9-20(22)29-23/h7-11,14H,5-6,12-13,15H2,1-4H3. The highest BCUT2D eigenvalue weighted by atomic mass is 32.1. The van der Waals surface area contributed by atoms with Crippen molar-refractivity contribution in [2.24, 2.45) is 0 Å². The molecule has 0 unspecified atom stereocenters. The van der Waals surface area contributed by atoms with Crippen molar-refractivity contribution in [3.63, 3.8) is 0 Å². The van der Waals surface area contributed by atoms with E-state index in [0.29, 0.717) is 23.6 Å². The summed E-state index contributed by atoms with van der Waals surface area (Å²) in [6.07, 6.45) is 0.303. The third-order valence-corrected chi connectivity index (χ3v) is 6.39. The van der Waals surface area contributed by atoms with Crippen LogP contribution in [-0.2, 0) is 11.2 Å². The molecule has 0 saturated heterocycles. The van der Waals surface area contributed by atoms with E-state index < -0.39 is 0 Å². The molecule has 0 spiro atoms. The van der Waals surface area contributed by atoms with E-state index in [1.807, 2.05) is 18.2 Å². The van der Waals surface area contributed by atoms with Crippen LogP contribution in [0, 0.1) is 19.7 Å². The molecule has 0 N–H and O–H groups in total. The number of rotatable bonds is 8. The Kier molecular flexibility index (Phi) is 6.98. The molecule has 4 nitrogen and oxygen atoms in total. The number of anilines is 1. The highest BCUT2D eigenvalue weighted by Gasteiger charge is 2.21. The van der Waals surface area contributed by atoms with Gasteiger partial charge >= 0.3 is 0 Å². The molecule has 2 aromatic carbocycles. The number of aryl methyl sites for hydroxylation is 2. The van der Waals surface area contributed by atoms with Crippen LogP contribution in [0.3, 0.4) is 0 Å². The predicted molar refractivity (Wildman–Crippen MR) is 119 cm³/mol. The van der Waals surface area contributed by atoms with E-state index >= 15 is 0 Å². The van der Waals surface area contributed by atoms with E-state index in [9.17, 15) is 9.18 Å². The van der Waals surface area contributed by atoms with Crippen LogP contribution < -0.4 is 4.90 Å². The fourth-order valence-electron chi connectivity index (χ4n) is 3.31. The summed E-state index contributed by atoms with van der Waals surface area (Å²) in [5.74, 6) is -0.366. The minimum Gasteiger partial charge on any atom is -0.302 e. The smallest absolute Gasteiger partial charge is 0.233 e. The van der Waals surface area contributed by atoms with E-state index in [1.165, 1.54) is 28.5 Å². The molecule has 1 heterocycles. The number of aromatic nitrogens is 1. The molecule has 29 heavy (non-hydrogen) atoms. The highest BCUT2D eigenvalue weighted by Crippen LogP contribution is 2.30. The lowest BCUT2D eigenvalue weighted by molar-refractivity contribution is -0.118. The van der Waals surface area contributed by atoms with Crippen LogP contribution in [0.2, 0.25) is 0 Å². The van der Waals surface area contributed by atoms with Crippen molar-refractivity contribution in [1.29, 1.82) is 0 Å². The first kappa shape index (κ1) is 21.4. The minimum atomic E-state index is -0.352. The summed E-state index contributed by atoms with van der Waals surface area (Å²) < 4.78 is 14.9. The first-order valence-electron chi connectivity index (χ1n) is 10.1. The summed E-state index contributed by atoms with van der Waals surface area (Å²) in [5.41, 5.74) is 3.70. The van der Waals surface area contributed by atoms with Gasteiger partial charge in [-0.15, -0.1) is 0 Å². The fraction of sp³-hybridized carbons (Fsp3) is 0.391. The summed E-state index contributed by atoms with van der Waals surface area (Å²) in [6.45, 7) is 11.5. The monoisotopic (exact) mass is 413 g/mol. The molecule has 3 aromatic rings. The Morgan fingerprint density at radius 2 is 1.83 bits per heavy atom. The number of nitrogens with zero attached hydrogens (tertiary/aromatic N) is 3. The Balaban J connectivity index is 1.89. The van der Waals surface area contributed by atoms with Crippen molar-refractivity contribution in [2.75, 3.05) is 31.1 Å². The van der Waals surface area contributed by atoms with Crippen molar-refractivity contribution in [3.8, 4) is 0 Å². The molecule has 1 amide bonds. The van der Waals surface area contributed by atoms with E-state index in [4.69, 9.17) is 0 Å². The van der Waals surface area contributed by atoms with Gasteiger partial charge in [-0.05, 0) is 55.8 Å². The lowest BCUT2D eigenvalue weighted by atomic mass is 10.0. The number of para-hydroxylation sites is 1. The molecule has 0 aliphatic heterocycles. The predicted octanol–water partition coefficient (Wildman–Crippen LogP) is 4.97. The van der Waals surface area contributed by atoms with Crippen LogP contribution >= 0.6 is 11.3 Å². The van der Waals surface area contributed by atoms with Crippen LogP contribution in [0.4, 0.5) is 9.52 Å². The van der Waals surface area contributed by atoms with E-state index in [-0.39, 0.29) is 11.7 Å². The van der Waals surface area contributed by atoms with Crippen molar-refractivity contribution >= 4 is 32.6 Å². The molecule has 6 heteroatoms. The Morgan fingerprint density at radius 1 is 1.07 bits per heavy atom. The van der Waals surface area contributed by atoms with Crippen LogP contribution in [-0.4, -0.2) is 42.0 Å². The first-order chi connectivity index (χ1) is 13.9. The van der Waals surface area contributed by atoms with Gasteiger partial charge in [-0.2, -0.15) is 0 Å². The number of thiazole rings is 1. The fourth-order valence-corrected chi connectivity index (χ4v) is 4.33. The zero-order valence-electron chi connectivity index (χ0n) is 17.5. The maximum absolute atomic E-state index is 14.1. The highest BCUT2D eigenvalue weighted by molar-refractivity contribution is 7.22. The Bertz CT molecular complexity index is 997. The van der Waals surface area contributed by atoms with Crippen LogP contribution in [0.5, 0.6) is 0 Å². The lowest BCUT2D eigenvalue weighted by Gasteiger charge is -2.25. The SMILES string of the molecule is CCN(CC)CCN(C(=O)Cc1ccc(C)c(C)c1)c1nc2c(F)cccc2s1. The zero-order chi connectivity index (χ0) is 21.0. The molecule has 0 bridgehead atoms. The molecule has 0 radical (unpaired) electrons. The quantitative estimate of drug-likeness (QED) is 0.523. The van der Waals surface area contributed by atoms with Crippen molar-refractivity contribution in [2.45, 2.75) is 34.1 Å². The van der Waals surface area contributed by atoms with Gasteiger partial charge in [-0.25, -0.2) is 9.37 Å². The third kappa shape index (κ3) is 5.00. The zero-order valence-corrected chi connectivity index (χ0v) is 18.4. The summed E-state index contributed by atoms with van der Waals surface area (Å²) in [6, 6.07) is 11.0. The molecule has 0 saturated carbocycles.